The van der Waals surface area contributed by atoms with Gasteiger partial charge in [0.25, 0.3) is 0 Å². The number of carbonyl (C=O) groups excluding carboxylic acids is 2. The number of rotatable bonds is 2. The minimum Gasteiger partial charge on any atom is -0.343 e. The molecule has 2 unspecified atom stereocenters. The fourth-order valence-electron chi connectivity index (χ4n) is 5.99. The Kier molecular flexibility index (Phi) is 5.26. The van der Waals surface area contributed by atoms with Gasteiger partial charge in [0.05, 0.1) is 0 Å². The third kappa shape index (κ3) is 4.18. The Bertz CT molecular complexity index is 577. The third-order valence-electron chi connectivity index (χ3n) is 7.22. The molecule has 4 rings (SSSR count). The molecule has 5 heteroatoms. The fraction of sp³-hybridized carbons (Fsp3) is 0.909. The summed E-state index contributed by atoms with van der Waals surface area (Å²) in [7, 11) is 0. The van der Waals surface area contributed by atoms with Crippen molar-refractivity contribution >= 4 is 11.8 Å². The summed E-state index contributed by atoms with van der Waals surface area (Å²) >= 11 is 0. The molecule has 0 saturated carbocycles. The molecule has 4 aliphatic heterocycles. The van der Waals surface area contributed by atoms with E-state index in [1.165, 1.54) is 12.8 Å². The summed E-state index contributed by atoms with van der Waals surface area (Å²) in [6.07, 6.45) is 7.24. The van der Waals surface area contributed by atoms with E-state index in [9.17, 15) is 9.59 Å². The summed E-state index contributed by atoms with van der Waals surface area (Å²) in [5.41, 5.74) is 0.0710. The number of nitrogens with zero attached hydrogens (tertiary/aromatic N) is 3. The number of piperidine rings is 4. The van der Waals surface area contributed by atoms with Crippen molar-refractivity contribution in [2.24, 2.45) is 17.3 Å². The van der Waals surface area contributed by atoms with E-state index in [0.717, 1.165) is 58.4 Å². The van der Waals surface area contributed by atoms with Crippen LogP contribution in [0.2, 0.25) is 0 Å². The van der Waals surface area contributed by atoms with Gasteiger partial charge in [0.2, 0.25) is 11.8 Å². The lowest BCUT2D eigenvalue weighted by atomic mass is 9.75. The van der Waals surface area contributed by atoms with E-state index in [0.29, 0.717) is 42.2 Å². The predicted molar refractivity (Wildman–Crippen MR) is 106 cm³/mol. The van der Waals surface area contributed by atoms with Crippen LogP contribution in [0, 0.1) is 17.3 Å². The van der Waals surface area contributed by atoms with Gasteiger partial charge in [-0.3, -0.25) is 14.5 Å². The lowest BCUT2D eigenvalue weighted by molar-refractivity contribution is -0.146. The molecule has 0 aromatic rings. The van der Waals surface area contributed by atoms with Gasteiger partial charge >= 0.3 is 0 Å². The van der Waals surface area contributed by atoms with E-state index in [4.69, 9.17) is 0 Å². The van der Waals surface area contributed by atoms with Gasteiger partial charge in [0, 0.05) is 57.6 Å². The maximum Gasteiger partial charge on any atom is 0.223 e. The monoisotopic (exact) mass is 375 g/mol. The van der Waals surface area contributed by atoms with Gasteiger partial charge in [0.1, 0.15) is 0 Å². The van der Waals surface area contributed by atoms with E-state index in [-0.39, 0.29) is 5.41 Å². The minimum atomic E-state index is 0.0710. The maximum atomic E-state index is 12.5. The topological polar surface area (TPSA) is 43.9 Å². The molecule has 2 bridgehead atoms. The second-order valence-corrected chi connectivity index (χ2v) is 10.7. The molecule has 0 N–H and O–H groups in total. The number of hydrogen-bond acceptors (Lipinski definition) is 3. The van der Waals surface area contributed by atoms with Crippen molar-refractivity contribution in [1.29, 1.82) is 0 Å². The molecular weight excluding hydrogens is 338 g/mol. The van der Waals surface area contributed by atoms with Gasteiger partial charge in [-0.05, 0) is 49.4 Å². The summed E-state index contributed by atoms with van der Waals surface area (Å²) in [6.45, 7) is 11.5. The summed E-state index contributed by atoms with van der Waals surface area (Å²) in [5.74, 6) is 2.05. The van der Waals surface area contributed by atoms with Gasteiger partial charge in [0.15, 0.2) is 0 Å². The zero-order chi connectivity index (χ0) is 19.2. The van der Waals surface area contributed by atoms with E-state index in [1.54, 1.807) is 0 Å². The molecule has 0 aromatic heterocycles. The highest BCUT2D eigenvalue weighted by molar-refractivity contribution is 5.77. The Morgan fingerprint density at radius 3 is 2.52 bits per heavy atom. The highest BCUT2D eigenvalue weighted by Crippen LogP contribution is 2.39. The van der Waals surface area contributed by atoms with Crippen molar-refractivity contribution < 1.29 is 9.59 Å². The van der Waals surface area contributed by atoms with Crippen LogP contribution in [-0.2, 0) is 9.59 Å². The Morgan fingerprint density at radius 1 is 1.07 bits per heavy atom. The first-order valence-corrected chi connectivity index (χ1v) is 11.1. The van der Waals surface area contributed by atoms with Gasteiger partial charge in [-0.15, -0.1) is 0 Å². The van der Waals surface area contributed by atoms with Crippen LogP contribution in [-0.4, -0.2) is 71.3 Å². The first kappa shape index (κ1) is 19.2. The zero-order valence-electron chi connectivity index (χ0n) is 17.5. The maximum absolute atomic E-state index is 12.5. The molecule has 3 atom stereocenters. The van der Waals surface area contributed by atoms with Gasteiger partial charge in [-0.1, -0.05) is 20.8 Å². The molecule has 152 valence electrons. The quantitative estimate of drug-likeness (QED) is 0.745. The number of fused-ring (bicyclic) bond motifs is 4. The Morgan fingerprint density at radius 2 is 1.81 bits per heavy atom. The molecule has 0 aliphatic carbocycles. The van der Waals surface area contributed by atoms with Crippen molar-refractivity contribution in [3.05, 3.63) is 0 Å². The molecule has 4 saturated heterocycles. The van der Waals surface area contributed by atoms with Gasteiger partial charge < -0.3 is 9.80 Å². The lowest BCUT2D eigenvalue weighted by Crippen LogP contribution is -2.62. The molecule has 4 heterocycles. The van der Waals surface area contributed by atoms with Crippen LogP contribution in [0.4, 0.5) is 0 Å². The van der Waals surface area contributed by atoms with Crippen LogP contribution >= 0.6 is 0 Å². The molecular formula is C22H37N3O2. The molecule has 0 radical (unpaired) electrons. The molecule has 27 heavy (non-hydrogen) atoms. The van der Waals surface area contributed by atoms with Crippen LogP contribution < -0.4 is 0 Å². The normalized spacial score (nSPS) is 33.1. The lowest BCUT2D eigenvalue weighted by Gasteiger charge is -2.54. The molecule has 2 amide bonds. The second kappa shape index (κ2) is 7.38. The smallest absolute Gasteiger partial charge is 0.223 e. The number of likely N-dealkylation sites (tertiary alicyclic amines) is 2. The summed E-state index contributed by atoms with van der Waals surface area (Å²) in [6, 6.07) is 1.12. The second-order valence-electron chi connectivity index (χ2n) is 10.7. The number of carbonyl (C=O) groups is 2. The highest BCUT2D eigenvalue weighted by atomic mass is 16.2. The third-order valence-corrected chi connectivity index (χ3v) is 7.22. The predicted octanol–water partition coefficient (Wildman–Crippen LogP) is 2.75. The van der Waals surface area contributed by atoms with Crippen molar-refractivity contribution in [3.8, 4) is 0 Å². The van der Waals surface area contributed by atoms with E-state index < -0.39 is 0 Å². The summed E-state index contributed by atoms with van der Waals surface area (Å²) in [5, 5.41) is 0. The Labute approximate surface area is 164 Å². The highest BCUT2D eigenvalue weighted by Gasteiger charge is 2.45. The number of hydrogen-bond donors (Lipinski definition) is 0. The molecule has 4 aliphatic rings. The molecule has 4 fully saturated rings. The minimum absolute atomic E-state index is 0.0710. The van der Waals surface area contributed by atoms with Crippen LogP contribution in [0.25, 0.3) is 0 Å². The first-order chi connectivity index (χ1) is 12.8. The Balaban J connectivity index is 1.32. The standard InChI is InChI=1S/C22H37N3O2/c1-22(2,3)12-21(27)23-9-7-18(8-10-23)24-13-16-11-17(15-24)19-5-4-6-20(26)25(19)14-16/h16-19H,4-15H2,1-3H3/t16?,17?,19-/m1/s1. The van der Waals surface area contributed by atoms with Crippen LogP contribution in [0.1, 0.15) is 65.7 Å². The van der Waals surface area contributed by atoms with E-state index >= 15 is 0 Å². The SMILES string of the molecule is CC(C)(C)CC(=O)N1CCC(N2CC3CC(C2)[C@H]2CCCC(=O)N2C3)CC1. The van der Waals surface area contributed by atoms with Crippen molar-refractivity contribution in [2.75, 3.05) is 32.7 Å². The van der Waals surface area contributed by atoms with E-state index in [1.807, 2.05) is 0 Å². The zero-order valence-corrected chi connectivity index (χ0v) is 17.5. The average Bonchev–Trinajstić information content (AvgIpc) is 2.61. The largest absolute Gasteiger partial charge is 0.343 e. The molecule has 0 aromatic carbocycles. The Hall–Kier alpha value is -1.10. The summed E-state index contributed by atoms with van der Waals surface area (Å²) in [4.78, 5) is 31.9. The van der Waals surface area contributed by atoms with Crippen molar-refractivity contribution in [3.63, 3.8) is 0 Å². The van der Waals surface area contributed by atoms with Crippen molar-refractivity contribution in [1.82, 2.24) is 14.7 Å². The van der Waals surface area contributed by atoms with Crippen molar-refractivity contribution in [2.45, 2.75) is 77.8 Å². The van der Waals surface area contributed by atoms with Gasteiger partial charge in [-0.25, -0.2) is 0 Å². The molecule has 0 spiro atoms. The molecule has 5 nitrogen and oxygen atoms in total. The number of amides is 2. The summed E-state index contributed by atoms with van der Waals surface area (Å²) < 4.78 is 0. The first-order valence-electron chi connectivity index (χ1n) is 11.1. The van der Waals surface area contributed by atoms with E-state index in [2.05, 4.69) is 35.5 Å². The van der Waals surface area contributed by atoms with Crippen LogP contribution in [0.5, 0.6) is 0 Å². The van der Waals surface area contributed by atoms with Crippen LogP contribution in [0.15, 0.2) is 0 Å². The van der Waals surface area contributed by atoms with Gasteiger partial charge in [-0.2, -0.15) is 0 Å². The fourth-order valence-corrected chi connectivity index (χ4v) is 5.99. The van der Waals surface area contributed by atoms with Crippen LogP contribution in [0.3, 0.4) is 0 Å². The average molecular weight is 376 g/mol.